The fourth-order valence-electron chi connectivity index (χ4n) is 1.17. The summed E-state index contributed by atoms with van der Waals surface area (Å²) in [6.45, 7) is 0. The largest absolute Gasteiger partial charge is 0.504 e. The number of nitrogens with zero attached hydrogens (tertiary/aromatic N) is 4. The van der Waals surface area contributed by atoms with E-state index in [0.29, 0.717) is 12.1 Å². The van der Waals surface area contributed by atoms with Crippen LogP contribution in [0.5, 0.6) is 5.75 Å². The topological polar surface area (TPSA) is 190 Å². The Bertz CT molecular complexity index is 800. The molecular formula is C9H5N5O6S. The van der Waals surface area contributed by atoms with Crippen molar-refractivity contribution in [2.45, 2.75) is 4.90 Å². The molecule has 0 amide bonds. The van der Waals surface area contributed by atoms with Gasteiger partial charge in [0.1, 0.15) is 22.7 Å². The van der Waals surface area contributed by atoms with E-state index in [1.807, 2.05) is 5.43 Å². The number of phenols is 1. The molecule has 0 aliphatic heterocycles. The molecule has 0 fully saturated rings. The van der Waals surface area contributed by atoms with Gasteiger partial charge in [0.05, 0.1) is 4.92 Å². The van der Waals surface area contributed by atoms with Gasteiger partial charge in [-0.25, -0.2) is 0 Å². The Balaban J connectivity index is 3.50. The van der Waals surface area contributed by atoms with Crippen LogP contribution in [0.15, 0.2) is 22.1 Å². The molecule has 0 bridgehead atoms. The van der Waals surface area contributed by atoms with Crippen molar-refractivity contribution in [2.24, 2.45) is 5.10 Å². The van der Waals surface area contributed by atoms with Gasteiger partial charge in [0.25, 0.3) is 15.8 Å². The fraction of sp³-hybridized carbons (Fsp3) is 0. The lowest BCUT2D eigenvalue weighted by Gasteiger charge is -2.07. The van der Waals surface area contributed by atoms with Crippen molar-refractivity contribution in [1.82, 2.24) is 0 Å². The van der Waals surface area contributed by atoms with E-state index in [-0.39, 0.29) is 0 Å². The lowest BCUT2D eigenvalue weighted by atomic mass is 10.2. The van der Waals surface area contributed by atoms with Gasteiger partial charge in [-0.3, -0.25) is 20.1 Å². The second-order valence-corrected chi connectivity index (χ2v) is 4.76. The van der Waals surface area contributed by atoms with Crippen molar-refractivity contribution in [2.75, 3.05) is 5.43 Å². The lowest BCUT2D eigenvalue weighted by molar-refractivity contribution is -0.385. The summed E-state index contributed by atoms with van der Waals surface area (Å²) in [5.41, 5.74) is -0.0897. The van der Waals surface area contributed by atoms with E-state index in [9.17, 15) is 23.6 Å². The Morgan fingerprint density at radius 3 is 2.38 bits per heavy atom. The maximum absolute atomic E-state index is 11.0. The van der Waals surface area contributed by atoms with Crippen molar-refractivity contribution < 1.29 is 23.0 Å². The van der Waals surface area contributed by atoms with Gasteiger partial charge in [0, 0.05) is 12.1 Å². The third-order valence-corrected chi connectivity index (χ3v) is 2.92. The van der Waals surface area contributed by atoms with Gasteiger partial charge in [0.2, 0.25) is 5.71 Å². The highest BCUT2D eigenvalue weighted by Gasteiger charge is 2.24. The molecule has 0 spiro atoms. The molecule has 108 valence electrons. The van der Waals surface area contributed by atoms with Gasteiger partial charge < -0.3 is 5.11 Å². The number of nitrogens with one attached hydrogen (secondary N) is 1. The number of hydrogen-bond donors (Lipinski definition) is 3. The van der Waals surface area contributed by atoms with Gasteiger partial charge in [-0.05, 0) is 0 Å². The standard InChI is InChI=1S/C9H5N5O6S/c10-3-5(4-11)12-13-7-1-6(14(16)17)2-8(9(7)15)21(18,19)20/h1-2,13,15H,(H,18,19,20). The van der Waals surface area contributed by atoms with Crippen LogP contribution in [0.3, 0.4) is 0 Å². The average molecular weight is 311 g/mol. The Morgan fingerprint density at radius 2 is 1.95 bits per heavy atom. The highest BCUT2D eigenvalue weighted by molar-refractivity contribution is 7.86. The molecule has 1 aromatic rings. The van der Waals surface area contributed by atoms with Crippen molar-refractivity contribution in [3.05, 3.63) is 22.2 Å². The minimum Gasteiger partial charge on any atom is -0.504 e. The quantitative estimate of drug-likeness (QED) is 0.231. The van der Waals surface area contributed by atoms with Gasteiger partial charge in [-0.1, -0.05) is 0 Å². The van der Waals surface area contributed by atoms with E-state index in [0.717, 1.165) is 0 Å². The first kappa shape index (κ1) is 15.8. The maximum atomic E-state index is 11.0. The molecule has 0 atom stereocenters. The van der Waals surface area contributed by atoms with E-state index in [4.69, 9.17) is 15.1 Å². The van der Waals surface area contributed by atoms with Crippen molar-refractivity contribution in [1.29, 1.82) is 10.5 Å². The Kier molecular flexibility index (Phi) is 4.39. The minimum absolute atomic E-state index is 0.440. The summed E-state index contributed by atoms with van der Waals surface area (Å²) in [4.78, 5) is 8.58. The van der Waals surface area contributed by atoms with Crippen LogP contribution in [0, 0.1) is 32.8 Å². The van der Waals surface area contributed by atoms with Crippen LogP contribution >= 0.6 is 0 Å². The van der Waals surface area contributed by atoms with E-state index in [1.54, 1.807) is 0 Å². The van der Waals surface area contributed by atoms with Crippen LogP contribution in [-0.4, -0.2) is 28.7 Å². The molecule has 0 saturated carbocycles. The van der Waals surface area contributed by atoms with Crippen molar-refractivity contribution in [3.8, 4) is 17.9 Å². The molecule has 0 aliphatic carbocycles. The van der Waals surface area contributed by atoms with Crippen LogP contribution in [0.2, 0.25) is 0 Å². The van der Waals surface area contributed by atoms with Crippen LogP contribution < -0.4 is 5.43 Å². The molecule has 0 aliphatic rings. The highest BCUT2D eigenvalue weighted by Crippen LogP contribution is 2.35. The Hall–Kier alpha value is -3.22. The number of nitro groups is 1. The fourth-order valence-corrected chi connectivity index (χ4v) is 1.80. The first-order valence-corrected chi connectivity index (χ1v) is 6.27. The molecule has 0 unspecified atom stereocenters. The molecule has 1 aromatic carbocycles. The summed E-state index contributed by atoms with van der Waals surface area (Å²) < 4.78 is 31.0. The number of anilines is 1. The number of hydrazone groups is 1. The number of nitro benzene ring substituents is 1. The Morgan fingerprint density at radius 1 is 1.38 bits per heavy atom. The molecule has 0 saturated heterocycles. The Labute approximate surface area is 117 Å². The third kappa shape index (κ3) is 3.63. The van der Waals surface area contributed by atoms with Crippen LogP contribution in [-0.2, 0) is 10.1 Å². The predicted octanol–water partition coefficient (Wildman–Crippen LogP) is 0.362. The van der Waals surface area contributed by atoms with Crippen LogP contribution in [0.25, 0.3) is 0 Å². The first-order chi connectivity index (χ1) is 9.70. The SMILES string of the molecule is N#CC(C#N)=NNc1cc([N+](=O)[O-])cc(S(=O)(=O)O)c1O. The number of phenolic OH excluding ortho intramolecular Hbond substituents is 1. The van der Waals surface area contributed by atoms with E-state index in [2.05, 4.69) is 5.10 Å². The number of rotatable bonds is 4. The zero-order valence-corrected chi connectivity index (χ0v) is 10.7. The highest BCUT2D eigenvalue weighted by atomic mass is 32.2. The molecule has 12 heteroatoms. The second kappa shape index (κ2) is 5.83. The average Bonchev–Trinajstić information content (AvgIpc) is 2.39. The zero-order chi connectivity index (χ0) is 16.2. The summed E-state index contributed by atoms with van der Waals surface area (Å²) in [5.74, 6) is -1.05. The predicted molar refractivity (Wildman–Crippen MR) is 66.9 cm³/mol. The second-order valence-electron chi connectivity index (χ2n) is 3.37. The number of benzene rings is 1. The molecule has 1 rings (SSSR count). The summed E-state index contributed by atoms with van der Waals surface area (Å²) in [6.07, 6.45) is 0. The number of aromatic hydroxyl groups is 1. The molecule has 11 nitrogen and oxygen atoms in total. The lowest BCUT2D eigenvalue weighted by Crippen LogP contribution is -2.03. The molecule has 0 radical (unpaired) electrons. The molecule has 0 aromatic heterocycles. The number of nitriles is 2. The van der Waals surface area contributed by atoms with E-state index >= 15 is 0 Å². The smallest absolute Gasteiger partial charge is 0.298 e. The van der Waals surface area contributed by atoms with Crippen LogP contribution in [0.4, 0.5) is 11.4 Å². The summed E-state index contributed by atoms with van der Waals surface area (Å²) in [6, 6.07) is 3.88. The van der Waals surface area contributed by atoms with Crippen LogP contribution in [0.1, 0.15) is 0 Å². The molecular weight excluding hydrogens is 306 g/mol. The maximum Gasteiger partial charge on any atom is 0.298 e. The molecule has 21 heavy (non-hydrogen) atoms. The van der Waals surface area contributed by atoms with Gasteiger partial charge >= 0.3 is 0 Å². The zero-order valence-electron chi connectivity index (χ0n) is 9.88. The number of non-ortho nitro benzene ring substituents is 1. The van der Waals surface area contributed by atoms with E-state index in [1.165, 1.54) is 12.1 Å². The van der Waals surface area contributed by atoms with Crippen molar-refractivity contribution in [3.63, 3.8) is 0 Å². The summed E-state index contributed by atoms with van der Waals surface area (Å²) in [7, 11) is -4.93. The van der Waals surface area contributed by atoms with Gasteiger partial charge in [-0.15, -0.1) is 0 Å². The third-order valence-electron chi connectivity index (χ3n) is 2.05. The normalized spacial score (nSPS) is 10.0. The van der Waals surface area contributed by atoms with E-state index < -0.39 is 42.8 Å². The van der Waals surface area contributed by atoms with Gasteiger partial charge in [0.15, 0.2) is 5.75 Å². The van der Waals surface area contributed by atoms with Gasteiger partial charge in [-0.2, -0.15) is 24.0 Å². The first-order valence-electron chi connectivity index (χ1n) is 4.83. The van der Waals surface area contributed by atoms with Crippen molar-refractivity contribution >= 4 is 27.2 Å². The minimum atomic E-state index is -4.93. The summed E-state index contributed by atoms with van der Waals surface area (Å²) in [5, 5.41) is 40.4. The summed E-state index contributed by atoms with van der Waals surface area (Å²) >= 11 is 0. The monoisotopic (exact) mass is 311 g/mol. The molecule has 0 heterocycles. The number of hydrogen-bond acceptors (Lipinski definition) is 9. The molecule has 3 N–H and O–H groups in total.